The molecule has 0 aromatic carbocycles. The van der Waals surface area contributed by atoms with Crippen molar-refractivity contribution in [1.82, 2.24) is 4.90 Å². The predicted octanol–water partition coefficient (Wildman–Crippen LogP) is 10.3. The van der Waals surface area contributed by atoms with Crippen molar-refractivity contribution >= 4 is 0 Å². The summed E-state index contributed by atoms with van der Waals surface area (Å²) in [4.78, 5) is 2.33. The first-order chi connectivity index (χ1) is 17.6. The van der Waals surface area contributed by atoms with E-state index in [2.05, 4.69) is 25.7 Å². The van der Waals surface area contributed by atoms with Gasteiger partial charge < -0.3 is 10.2 Å². The molecule has 0 aliphatic rings. The fourth-order valence-corrected chi connectivity index (χ4v) is 4.65. The molecule has 2 N–H and O–H groups in total. The topological polar surface area (TPSA) is 43.7 Å². The third kappa shape index (κ3) is 33.9. The molecule has 0 rings (SSSR count). The standard InChI is InChI=1S/C29H61NO2.2C2H6/c1-4-7-10-12-14-16-18-20-23-28(31)26-30(25-22-9-6-3)27-29(32)24-21-19-17-15-13-11-8-5-2;2*1-2/h28-29,31-32H,4-27H2,1-3H3;2*1-2H3/t28-,29?;;/m1../s1. The van der Waals surface area contributed by atoms with Gasteiger partial charge >= 0.3 is 0 Å². The van der Waals surface area contributed by atoms with Crippen LogP contribution >= 0.6 is 0 Å². The van der Waals surface area contributed by atoms with E-state index in [4.69, 9.17) is 0 Å². The number of unbranched alkanes of at least 4 members (excludes halogenated alkanes) is 16. The highest BCUT2D eigenvalue weighted by atomic mass is 16.3. The minimum atomic E-state index is -0.243. The van der Waals surface area contributed by atoms with E-state index in [0.29, 0.717) is 0 Å². The Balaban J connectivity index is -0.00000258. The molecule has 0 heterocycles. The number of aliphatic hydroxyl groups is 2. The molecule has 0 aliphatic heterocycles. The summed E-state index contributed by atoms with van der Waals surface area (Å²) < 4.78 is 0. The number of hydrogen-bond donors (Lipinski definition) is 2. The molecule has 0 bridgehead atoms. The molecule has 3 nitrogen and oxygen atoms in total. The first-order valence-corrected chi connectivity index (χ1v) is 16.7. The van der Waals surface area contributed by atoms with Crippen LogP contribution in [0.3, 0.4) is 0 Å². The van der Waals surface area contributed by atoms with E-state index in [9.17, 15) is 10.2 Å². The summed E-state index contributed by atoms with van der Waals surface area (Å²) in [6.07, 6.45) is 25.9. The van der Waals surface area contributed by atoms with Gasteiger partial charge in [0, 0.05) is 13.1 Å². The Morgan fingerprint density at radius 1 is 0.417 bits per heavy atom. The zero-order valence-corrected chi connectivity index (χ0v) is 26.5. The second-order valence-corrected chi connectivity index (χ2v) is 10.3. The second-order valence-electron chi connectivity index (χ2n) is 10.3. The Bertz CT molecular complexity index is 323. The Morgan fingerprint density at radius 2 is 0.694 bits per heavy atom. The first-order valence-electron chi connectivity index (χ1n) is 16.7. The molecule has 0 radical (unpaired) electrons. The quantitative estimate of drug-likeness (QED) is 0.113. The SMILES string of the molecule is CC.CC.CCCCCCCCCCC(O)CN(CCCCC)C[C@H](O)CCCCCCCCCC. The monoisotopic (exact) mass is 516 g/mol. The fraction of sp³-hybridized carbons (Fsp3) is 1.00. The van der Waals surface area contributed by atoms with Gasteiger partial charge in [-0.1, -0.05) is 164 Å². The van der Waals surface area contributed by atoms with Crippen molar-refractivity contribution in [3.05, 3.63) is 0 Å². The lowest BCUT2D eigenvalue weighted by molar-refractivity contribution is 0.0597. The zero-order chi connectivity index (χ0) is 27.7. The minimum absolute atomic E-state index is 0.243. The second kappa shape index (κ2) is 37.0. The van der Waals surface area contributed by atoms with E-state index in [-0.39, 0.29) is 12.2 Å². The summed E-state index contributed by atoms with van der Waals surface area (Å²) in [7, 11) is 0. The van der Waals surface area contributed by atoms with Crippen LogP contribution in [0.15, 0.2) is 0 Å². The number of aliphatic hydroxyl groups excluding tert-OH is 2. The lowest BCUT2D eigenvalue weighted by atomic mass is 10.0. The van der Waals surface area contributed by atoms with Gasteiger partial charge in [-0.25, -0.2) is 0 Å². The van der Waals surface area contributed by atoms with Crippen LogP contribution in [-0.2, 0) is 0 Å². The fourth-order valence-electron chi connectivity index (χ4n) is 4.65. The summed E-state index contributed by atoms with van der Waals surface area (Å²) in [5.41, 5.74) is 0. The number of hydrogen-bond acceptors (Lipinski definition) is 3. The lowest BCUT2D eigenvalue weighted by Gasteiger charge is -2.27. The van der Waals surface area contributed by atoms with Gasteiger partial charge in [-0.3, -0.25) is 4.90 Å². The van der Waals surface area contributed by atoms with E-state index in [0.717, 1.165) is 45.3 Å². The maximum Gasteiger partial charge on any atom is 0.0667 e. The minimum Gasteiger partial charge on any atom is -0.392 e. The smallest absolute Gasteiger partial charge is 0.0667 e. The van der Waals surface area contributed by atoms with E-state index in [1.54, 1.807) is 0 Å². The third-order valence-electron chi connectivity index (χ3n) is 6.80. The zero-order valence-electron chi connectivity index (χ0n) is 26.5. The molecule has 222 valence electrons. The van der Waals surface area contributed by atoms with Crippen LogP contribution in [0.25, 0.3) is 0 Å². The highest BCUT2D eigenvalue weighted by molar-refractivity contribution is 4.70. The first kappa shape index (κ1) is 40.4. The molecule has 0 aromatic heterocycles. The van der Waals surface area contributed by atoms with Crippen LogP contribution < -0.4 is 0 Å². The van der Waals surface area contributed by atoms with Gasteiger partial charge in [0.1, 0.15) is 0 Å². The average molecular weight is 516 g/mol. The van der Waals surface area contributed by atoms with Gasteiger partial charge in [-0.15, -0.1) is 0 Å². The van der Waals surface area contributed by atoms with Crippen molar-refractivity contribution in [3.63, 3.8) is 0 Å². The molecule has 0 spiro atoms. The van der Waals surface area contributed by atoms with Gasteiger partial charge in [0.15, 0.2) is 0 Å². The molecule has 36 heavy (non-hydrogen) atoms. The lowest BCUT2D eigenvalue weighted by Crippen LogP contribution is -2.38. The van der Waals surface area contributed by atoms with Crippen molar-refractivity contribution in [3.8, 4) is 0 Å². The average Bonchev–Trinajstić information content (AvgIpc) is 2.89. The largest absolute Gasteiger partial charge is 0.392 e. The molecular weight excluding hydrogens is 442 g/mol. The summed E-state index contributed by atoms with van der Waals surface area (Å²) in [5.74, 6) is 0. The van der Waals surface area contributed by atoms with Gasteiger partial charge in [-0.2, -0.15) is 0 Å². The van der Waals surface area contributed by atoms with E-state index in [1.165, 1.54) is 109 Å². The third-order valence-corrected chi connectivity index (χ3v) is 6.80. The van der Waals surface area contributed by atoms with Crippen molar-refractivity contribution in [2.75, 3.05) is 19.6 Å². The Kier molecular flexibility index (Phi) is 41.5. The Morgan fingerprint density at radius 3 is 1.03 bits per heavy atom. The molecule has 0 fully saturated rings. The van der Waals surface area contributed by atoms with Crippen LogP contribution in [0.1, 0.15) is 183 Å². The van der Waals surface area contributed by atoms with Gasteiger partial charge in [0.05, 0.1) is 12.2 Å². The van der Waals surface area contributed by atoms with Crippen LogP contribution in [0.2, 0.25) is 0 Å². The molecule has 0 saturated carbocycles. The van der Waals surface area contributed by atoms with Gasteiger partial charge in [-0.05, 0) is 25.8 Å². The Labute approximate surface area is 230 Å². The van der Waals surface area contributed by atoms with Crippen LogP contribution in [0, 0.1) is 0 Å². The van der Waals surface area contributed by atoms with Gasteiger partial charge in [0.25, 0.3) is 0 Å². The summed E-state index contributed by atoms with van der Waals surface area (Å²) in [5, 5.41) is 21.1. The van der Waals surface area contributed by atoms with Crippen molar-refractivity contribution in [1.29, 1.82) is 0 Å². The number of rotatable bonds is 26. The van der Waals surface area contributed by atoms with E-state index < -0.39 is 0 Å². The van der Waals surface area contributed by atoms with Crippen molar-refractivity contribution in [2.24, 2.45) is 0 Å². The molecular formula is C33H73NO2. The molecule has 2 atom stereocenters. The van der Waals surface area contributed by atoms with Crippen molar-refractivity contribution in [2.45, 2.75) is 196 Å². The highest BCUT2D eigenvalue weighted by Gasteiger charge is 2.15. The van der Waals surface area contributed by atoms with E-state index >= 15 is 0 Å². The molecule has 3 heteroatoms. The highest BCUT2D eigenvalue weighted by Crippen LogP contribution is 2.14. The van der Waals surface area contributed by atoms with Crippen LogP contribution in [0.4, 0.5) is 0 Å². The van der Waals surface area contributed by atoms with Crippen molar-refractivity contribution < 1.29 is 10.2 Å². The molecule has 0 saturated heterocycles. The van der Waals surface area contributed by atoms with Crippen LogP contribution in [-0.4, -0.2) is 47.0 Å². The predicted molar refractivity (Wildman–Crippen MR) is 165 cm³/mol. The molecule has 0 aliphatic carbocycles. The normalized spacial score (nSPS) is 12.5. The maximum absolute atomic E-state index is 10.6. The van der Waals surface area contributed by atoms with E-state index in [1.807, 2.05) is 27.7 Å². The maximum atomic E-state index is 10.6. The molecule has 0 amide bonds. The molecule has 0 aromatic rings. The van der Waals surface area contributed by atoms with Gasteiger partial charge in [0.2, 0.25) is 0 Å². The summed E-state index contributed by atoms with van der Waals surface area (Å²) >= 11 is 0. The van der Waals surface area contributed by atoms with Crippen LogP contribution in [0.5, 0.6) is 0 Å². The summed E-state index contributed by atoms with van der Waals surface area (Å²) in [6, 6.07) is 0. The Hall–Kier alpha value is -0.120. The molecule has 1 unspecified atom stereocenters. The summed E-state index contributed by atoms with van der Waals surface area (Å²) in [6.45, 7) is 17.2. The number of nitrogens with zero attached hydrogens (tertiary/aromatic N) is 1.